The van der Waals surface area contributed by atoms with Gasteiger partial charge in [0.25, 0.3) is 0 Å². The molecule has 186 valence electrons. The number of benzene rings is 3. The van der Waals surface area contributed by atoms with Gasteiger partial charge in [0.2, 0.25) is 11.8 Å². The number of thioether (sulfide) groups is 2. The van der Waals surface area contributed by atoms with Gasteiger partial charge in [-0.25, -0.2) is 10.9 Å². The summed E-state index contributed by atoms with van der Waals surface area (Å²) in [6.45, 7) is 0. The van der Waals surface area contributed by atoms with E-state index in [1.807, 2.05) is 72.8 Å². The molecule has 3 aromatic rings. The van der Waals surface area contributed by atoms with Crippen molar-refractivity contribution in [3.05, 3.63) is 94.0 Å². The summed E-state index contributed by atoms with van der Waals surface area (Å²) in [6.07, 6.45) is 3.85. The summed E-state index contributed by atoms with van der Waals surface area (Å²) in [5, 5.41) is 9.38. The highest BCUT2D eigenvalue weighted by Crippen LogP contribution is 2.21. The molecule has 0 spiro atoms. The molecule has 0 aliphatic rings. The van der Waals surface area contributed by atoms with E-state index >= 15 is 0 Å². The van der Waals surface area contributed by atoms with E-state index < -0.39 is 0 Å². The lowest BCUT2D eigenvalue weighted by molar-refractivity contribution is -0.121. The topological polar surface area (TPSA) is 82.9 Å². The van der Waals surface area contributed by atoms with Crippen LogP contribution in [0.25, 0.3) is 0 Å². The van der Waals surface area contributed by atoms with E-state index in [2.05, 4.69) is 21.1 Å². The first-order valence-electron chi connectivity index (χ1n) is 11.0. The highest BCUT2D eigenvalue weighted by atomic mass is 35.5. The standard InChI is InChI=1S/C26H24Cl2N4O2S2/c27-21-5-9-23(10-6-21)35-15-13-25(33)31-29-17-19-1-2-20(4-3-19)18-30-32-26(34)14-16-36-24-11-7-22(28)8-12-24/h1-12,17-18H,13-16H2,(H,31,33)(H,32,34)/b29-17-,30-18-. The predicted molar refractivity (Wildman–Crippen MR) is 152 cm³/mol. The van der Waals surface area contributed by atoms with Crippen LogP contribution >= 0.6 is 46.7 Å². The van der Waals surface area contributed by atoms with Gasteiger partial charge in [0, 0.05) is 44.2 Å². The fourth-order valence-corrected chi connectivity index (χ4v) is 4.68. The molecule has 0 heterocycles. The molecular weight excluding hydrogens is 535 g/mol. The number of rotatable bonds is 12. The molecule has 2 N–H and O–H groups in total. The number of carbonyl (C=O) groups is 2. The number of carbonyl (C=O) groups excluding carboxylic acids is 2. The second-order valence-corrected chi connectivity index (χ2v) is 10.6. The zero-order valence-corrected chi connectivity index (χ0v) is 22.3. The number of hydrogen-bond donors (Lipinski definition) is 2. The Labute approximate surface area is 228 Å². The SMILES string of the molecule is O=C(CCSc1ccc(Cl)cc1)N/N=C\c1ccc(/C=N\NC(=O)CCSc2ccc(Cl)cc2)cc1. The predicted octanol–water partition coefficient (Wildman–Crippen LogP) is 6.26. The Bertz CT molecular complexity index is 1090. The lowest BCUT2D eigenvalue weighted by Gasteiger charge is -2.02. The first kappa shape index (κ1) is 27.8. The minimum Gasteiger partial charge on any atom is -0.273 e. The third-order valence-electron chi connectivity index (χ3n) is 4.57. The average molecular weight is 560 g/mol. The van der Waals surface area contributed by atoms with Crippen molar-refractivity contribution in [3.63, 3.8) is 0 Å². The van der Waals surface area contributed by atoms with Gasteiger partial charge >= 0.3 is 0 Å². The van der Waals surface area contributed by atoms with Crippen LogP contribution in [-0.4, -0.2) is 35.7 Å². The third-order valence-corrected chi connectivity index (χ3v) is 7.10. The van der Waals surface area contributed by atoms with Crippen molar-refractivity contribution >= 4 is 71.0 Å². The monoisotopic (exact) mass is 558 g/mol. The van der Waals surface area contributed by atoms with Crippen LogP contribution in [0.5, 0.6) is 0 Å². The van der Waals surface area contributed by atoms with Gasteiger partial charge in [-0.2, -0.15) is 10.2 Å². The van der Waals surface area contributed by atoms with Gasteiger partial charge in [0.15, 0.2) is 0 Å². The summed E-state index contributed by atoms with van der Waals surface area (Å²) in [4.78, 5) is 26.0. The first-order valence-corrected chi connectivity index (χ1v) is 13.7. The van der Waals surface area contributed by atoms with Crippen molar-refractivity contribution in [2.24, 2.45) is 10.2 Å². The Morgan fingerprint density at radius 2 is 1.00 bits per heavy atom. The second kappa shape index (κ2) is 15.4. The molecule has 0 radical (unpaired) electrons. The highest BCUT2D eigenvalue weighted by molar-refractivity contribution is 7.99. The van der Waals surface area contributed by atoms with Crippen LogP contribution in [0.2, 0.25) is 10.0 Å². The molecule has 0 unspecified atom stereocenters. The molecule has 3 aromatic carbocycles. The number of nitrogens with one attached hydrogen (secondary N) is 2. The van der Waals surface area contributed by atoms with Crippen LogP contribution in [0.1, 0.15) is 24.0 Å². The maximum Gasteiger partial charge on any atom is 0.240 e. The van der Waals surface area contributed by atoms with E-state index in [-0.39, 0.29) is 11.8 Å². The van der Waals surface area contributed by atoms with Gasteiger partial charge in [0.1, 0.15) is 0 Å². The minimum atomic E-state index is -0.154. The van der Waals surface area contributed by atoms with Crippen LogP contribution in [0.15, 0.2) is 92.8 Å². The zero-order valence-electron chi connectivity index (χ0n) is 19.2. The summed E-state index contributed by atoms with van der Waals surface area (Å²) in [7, 11) is 0. The fourth-order valence-electron chi connectivity index (χ4n) is 2.72. The molecule has 6 nitrogen and oxygen atoms in total. The lowest BCUT2D eigenvalue weighted by atomic mass is 10.2. The van der Waals surface area contributed by atoms with E-state index in [4.69, 9.17) is 23.2 Å². The largest absolute Gasteiger partial charge is 0.273 e. The zero-order chi connectivity index (χ0) is 25.6. The summed E-state index contributed by atoms with van der Waals surface area (Å²) in [6, 6.07) is 22.4. The number of amides is 2. The molecule has 36 heavy (non-hydrogen) atoms. The van der Waals surface area contributed by atoms with Crippen LogP contribution in [0, 0.1) is 0 Å². The van der Waals surface area contributed by atoms with E-state index in [1.165, 1.54) is 0 Å². The molecule has 0 bridgehead atoms. The number of hydrazone groups is 2. The highest BCUT2D eigenvalue weighted by Gasteiger charge is 2.02. The first-order chi connectivity index (χ1) is 17.5. The lowest BCUT2D eigenvalue weighted by Crippen LogP contribution is -2.18. The third kappa shape index (κ3) is 10.9. The Morgan fingerprint density at radius 1 is 0.639 bits per heavy atom. The van der Waals surface area contributed by atoms with E-state index in [1.54, 1.807) is 36.0 Å². The van der Waals surface area contributed by atoms with Gasteiger partial charge < -0.3 is 0 Å². The number of halogens is 2. The van der Waals surface area contributed by atoms with Gasteiger partial charge in [0.05, 0.1) is 12.4 Å². The van der Waals surface area contributed by atoms with Gasteiger partial charge in [-0.3, -0.25) is 9.59 Å². The molecule has 2 amide bonds. The molecule has 0 aliphatic carbocycles. The number of nitrogens with zero attached hydrogens (tertiary/aromatic N) is 2. The average Bonchev–Trinajstić information content (AvgIpc) is 2.87. The number of hydrogen-bond acceptors (Lipinski definition) is 6. The van der Waals surface area contributed by atoms with Crippen LogP contribution < -0.4 is 10.9 Å². The van der Waals surface area contributed by atoms with E-state index in [0.29, 0.717) is 34.4 Å². The van der Waals surface area contributed by atoms with Crippen molar-refractivity contribution in [1.82, 2.24) is 10.9 Å². The van der Waals surface area contributed by atoms with Gasteiger partial charge in [-0.1, -0.05) is 47.5 Å². The van der Waals surface area contributed by atoms with Crippen LogP contribution in [-0.2, 0) is 9.59 Å². The molecule has 0 aliphatic heterocycles. The van der Waals surface area contributed by atoms with Crippen molar-refractivity contribution in [2.75, 3.05) is 11.5 Å². The summed E-state index contributed by atoms with van der Waals surface area (Å²) in [5.74, 6) is 0.987. The maximum atomic E-state index is 11.9. The Hall–Kier alpha value is -2.78. The molecule has 0 atom stereocenters. The fraction of sp³-hybridized carbons (Fsp3) is 0.154. The van der Waals surface area contributed by atoms with Crippen LogP contribution in [0.4, 0.5) is 0 Å². The molecule has 0 fully saturated rings. The molecule has 3 rings (SSSR count). The van der Waals surface area contributed by atoms with Gasteiger partial charge in [-0.05, 0) is 59.7 Å². The maximum absolute atomic E-state index is 11.9. The summed E-state index contributed by atoms with van der Waals surface area (Å²) >= 11 is 14.9. The van der Waals surface area contributed by atoms with Crippen LogP contribution in [0.3, 0.4) is 0 Å². The quantitative estimate of drug-likeness (QED) is 0.156. The normalized spacial score (nSPS) is 11.2. The molecule has 0 saturated carbocycles. The summed E-state index contributed by atoms with van der Waals surface area (Å²) in [5.41, 5.74) is 6.71. The molecule has 0 aromatic heterocycles. The van der Waals surface area contributed by atoms with Crippen molar-refractivity contribution in [2.45, 2.75) is 22.6 Å². The van der Waals surface area contributed by atoms with E-state index in [9.17, 15) is 9.59 Å². The summed E-state index contributed by atoms with van der Waals surface area (Å²) < 4.78 is 0. The van der Waals surface area contributed by atoms with Crippen molar-refractivity contribution in [1.29, 1.82) is 0 Å². The molecule has 10 heteroatoms. The second-order valence-electron chi connectivity index (χ2n) is 7.36. The van der Waals surface area contributed by atoms with Gasteiger partial charge in [-0.15, -0.1) is 23.5 Å². The van der Waals surface area contributed by atoms with Crippen molar-refractivity contribution in [3.8, 4) is 0 Å². The van der Waals surface area contributed by atoms with Crippen molar-refractivity contribution < 1.29 is 9.59 Å². The molecular formula is C26H24Cl2N4O2S2. The Balaban J connectivity index is 1.31. The Morgan fingerprint density at radius 3 is 1.36 bits per heavy atom. The Kier molecular flexibility index (Phi) is 11.9. The smallest absolute Gasteiger partial charge is 0.240 e. The molecule has 0 saturated heterocycles. The minimum absolute atomic E-state index is 0.154. The van der Waals surface area contributed by atoms with E-state index in [0.717, 1.165) is 20.9 Å².